The summed E-state index contributed by atoms with van der Waals surface area (Å²) in [7, 11) is 0. The van der Waals surface area contributed by atoms with Gasteiger partial charge in [0.05, 0.1) is 39.0 Å². The lowest BCUT2D eigenvalue weighted by Crippen LogP contribution is -2.15. The molecule has 9 rings (SSSR count). The second-order valence-electron chi connectivity index (χ2n) is 17.3. The van der Waals surface area contributed by atoms with Crippen LogP contribution in [0.15, 0.2) is 109 Å². The van der Waals surface area contributed by atoms with Crippen molar-refractivity contribution in [2.24, 2.45) is 0 Å². The summed E-state index contributed by atoms with van der Waals surface area (Å²) in [4.78, 5) is 0. The van der Waals surface area contributed by atoms with Crippen LogP contribution in [0.3, 0.4) is 0 Å². The van der Waals surface area contributed by atoms with Crippen molar-refractivity contribution in [3.05, 3.63) is 143 Å². The topological polar surface area (TPSA) is 57.4 Å². The van der Waals surface area contributed by atoms with E-state index in [-0.39, 0.29) is 16.2 Å². The summed E-state index contributed by atoms with van der Waals surface area (Å²) < 4.78 is 4.41. The summed E-state index contributed by atoms with van der Waals surface area (Å²) in [5.41, 5.74) is 13.7. The first-order chi connectivity index (χ1) is 25.3. The lowest BCUT2D eigenvalue weighted by molar-refractivity contribution is 0.590. The van der Waals surface area contributed by atoms with E-state index in [0.29, 0.717) is 16.8 Å². The van der Waals surface area contributed by atoms with Crippen LogP contribution in [0.5, 0.6) is 0 Å². The second kappa shape index (κ2) is 11.0. The molecule has 0 radical (unpaired) electrons. The minimum atomic E-state index is -0.213. The molecule has 1 aliphatic rings. The van der Waals surface area contributed by atoms with Crippen LogP contribution in [-0.2, 0) is 16.2 Å². The number of fused-ring (bicyclic) bond motifs is 10. The van der Waals surface area contributed by atoms with Gasteiger partial charge in [0.1, 0.15) is 17.7 Å². The van der Waals surface area contributed by atoms with Crippen LogP contribution >= 0.6 is 0 Å². The van der Waals surface area contributed by atoms with E-state index in [4.69, 9.17) is 0 Å². The predicted octanol–water partition coefficient (Wildman–Crippen LogP) is 12.5. The van der Waals surface area contributed by atoms with Crippen molar-refractivity contribution < 1.29 is 0 Å². The van der Waals surface area contributed by atoms with Crippen LogP contribution in [0.25, 0.3) is 66.1 Å². The molecule has 1 aliphatic carbocycles. The van der Waals surface area contributed by atoms with E-state index >= 15 is 0 Å². The van der Waals surface area contributed by atoms with Gasteiger partial charge in [0.15, 0.2) is 0 Å². The van der Waals surface area contributed by atoms with E-state index in [9.17, 15) is 10.5 Å². The third kappa shape index (κ3) is 4.52. The molecule has 0 fully saturated rings. The molecule has 0 amide bonds. The smallest absolute Gasteiger partial charge is 0.104 e. The number of hydrogen-bond donors (Lipinski definition) is 0. The van der Waals surface area contributed by atoms with Crippen LogP contribution in [-0.4, -0.2) is 9.13 Å². The lowest BCUT2D eigenvalue weighted by Gasteiger charge is -2.22. The quantitative estimate of drug-likeness (QED) is 0.182. The van der Waals surface area contributed by atoms with Crippen molar-refractivity contribution in [1.82, 2.24) is 9.13 Å². The van der Waals surface area contributed by atoms with Crippen LogP contribution in [0.1, 0.15) is 88.8 Å². The van der Waals surface area contributed by atoms with Crippen LogP contribution < -0.4 is 0 Å². The Bertz CT molecular complexity index is 2880. The molecule has 0 atom stereocenters. The average molecular weight is 687 g/mol. The molecular formula is C49H42N4. The second-order valence-corrected chi connectivity index (χ2v) is 17.3. The first-order valence-electron chi connectivity index (χ1n) is 18.5. The molecule has 4 nitrogen and oxygen atoms in total. The molecule has 0 N–H and O–H groups in total. The molecule has 0 spiro atoms. The van der Waals surface area contributed by atoms with E-state index in [2.05, 4.69) is 174 Å². The molecule has 2 aromatic heterocycles. The average Bonchev–Trinajstić information content (AvgIpc) is 3.72. The Labute approximate surface area is 311 Å². The molecule has 6 aromatic carbocycles. The monoisotopic (exact) mass is 686 g/mol. The Balaban J connectivity index is 1.40. The Morgan fingerprint density at radius 2 is 1.13 bits per heavy atom. The highest BCUT2D eigenvalue weighted by atomic mass is 15.0. The van der Waals surface area contributed by atoms with E-state index in [1.54, 1.807) is 0 Å². The Morgan fingerprint density at radius 3 is 1.75 bits per heavy atom. The van der Waals surface area contributed by atoms with Crippen molar-refractivity contribution in [2.75, 3.05) is 0 Å². The molecule has 0 bridgehead atoms. The molecule has 0 saturated carbocycles. The maximum Gasteiger partial charge on any atom is 0.104 e. The lowest BCUT2D eigenvalue weighted by atomic mass is 9.80. The summed E-state index contributed by atoms with van der Waals surface area (Å²) in [5, 5.41) is 26.6. The van der Waals surface area contributed by atoms with Gasteiger partial charge in [-0.25, -0.2) is 0 Å². The number of para-hydroxylation sites is 1. The van der Waals surface area contributed by atoms with E-state index in [1.165, 1.54) is 38.8 Å². The highest BCUT2D eigenvalue weighted by molar-refractivity contribution is 6.15. The number of nitriles is 2. The van der Waals surface area contributed by atoms with Gasteiger partial charge in [-0.2, -0.15) is 10.5 Å². The molecule has 0 unspecified atom stereocenters. The first kappa shape index (κ1) is 32.8. The van der Waals surface area contributed by atoms with Crippen molar-refractivity contribution >= 4 is 43.6 Å². The molecule has 258 valence electrons. The summed E-state index contributed by atoms with van der Waals surface area (Å²) in [6.45, 7) is 18.1. The van der Waals surface area contributed by atoms with Gasteiger partial charge in [-0.05, 0) is 92.7 Å². The Hall–Kier alpha value is -6.10. The van der Waals surface area contributed by atoms with Gasteiger partial charge in [-0.3, -0.25) is 0 Å². The number of aromatic nitrogens is 2. The fraction of sp³-hybridized carbons (Fsp3) is 0.224. The van der Waals surface area contributed by atoms with Gasteiger partial charge in [0.25, 0.3) is 0 Å². The van der Waals surface area contributed by atoms with Crippen LogP contribution in [0, 0.1) is 22.7 Å². The summed E-state index contributed by atoms with van der Waals surface area (Å²) in [5.74, 6) is 0. The zero-order chi connectivity index (χ0) is 37.2. The molecule has 0 aliphatic heterocycles. The molecule has 4 heteroatoms. The molecule has 2 heterocycles. The fourth-order valence-electron chi connectivity index (χ4n) is 8.99. The van der Waals surface area contributed by atoms with Crippen molar-refractivity contribution in [1.29, 1.82) is 10.5 Å². The van der Waals surface area contributed by atoms with Crippen LogP contribution in [0.4, 0.5) is 0 Å². The minimum absolute atomic E-state index is 0.0492. The van der Waals surface area contributed by atoms with Gasteiger partial charge in [-0.15, -0.1) is 0 Å². The molecule has 53 heavy (non-hydrogen) atoms. The molecule has 0 saturated heterocycles. The van der Waals surface area contributed by atoms with E-state index in [0.717, 1.165) is 43.9 Å². The van der Waals surface area contributed by atoms with Gasteiger partial charge in [0, 0.05) is 27.0 Å². The largest absolute Gasteiger partial charge is 0.308 e. The van der Waals surface area contributed by atoms with Gasteiger partial charge in [0.2, 0.25) is 0 Å². The van der Waals surface area contributed by atoms with E-state index < -0.39 is 0 Å². The Morgan fingerprint density at radius 1 is 0.547 bits per heavy atom. The Kier molecular flexibility index (Phi) is 6.78. The standard InChI is InChI=1S/C49H42N4/c1-47(2,3)30-18-22-40-35(25-30)36-26-31(48(4,5)6)19-23-41(36)53(40)46-29(27-50)17-21-42(37(46)28-51)52-39-16-12-10-14-34(39)44-43(52)24-20-33-32-13-9-11-15-38(32)49(7,8)45(33)44/h9-26H,1-8H3. The van der Waals surface area contributed by atoms with Gasteiger partial charge in [-0.1, -0.05) is 116 Å². The van der Waals surface area contributed by atoms with Crippen molar-refractivity contribution in [3.63, 3.8) is 0 Å². The zero-order valence-corrected chi connectivity index (χ0v) is 31.7. The van der Waals surface area contributed by atoms with E-state index in [1.807, 2.05) is 12.1 Å². The maximum absolute atomic E-state index is 11.3. The molecule has 8 aromatic rings. The van der Waals surface area contributed by atoms with Crippen LogP contribution in [0.2, 0.25) is 0 Å². The summed E-state index contributed by atoms with van der Waals surface area (Å²) >= 11 is 0. The number of nitrogens with zero attached hydrogens (tertiary/aromatic N) is 4. The maximum atomic E-state index is 11.3. The zero-order valence-electron chi connectivity index (χ0n) is 31.7. The minimum Gasteiger partial charge on any atom is -0.308 e. The summed E-state index contributed by atoms with van der Waals surface area (Å²) in [6.07, 6.45) is 0. The predicted molar refractivity (Wildman–Crippen MR) is 220 cm³/mol. The first-order valence-corrected chi connectivity index (χ1v) is 18.5. The number of rotatable bonds is 2. The summed E-state index contributed by atoms with van der Waals surface area (Å²) in [6, 6.07) is 44.0. The van der Waals surface area contributed by atoms with Gasteiger partial charge >= 0.3 is 0 Å². The van der Waals surface area contributed by atoms with Gasteiger partial charge < -0.3 is 9.13 Å². The third-order valence-corrected chi connectivity index (χ3v) is 11.7. The number of benzene rings is 6. The van der Waals surface area contributed by atoms with Crippen molar-refractivity contribution in [3.8, 4) is 34.6 Å². The normalized spacial score (nSPS) is 13.8. The highest BCUT2D eigenvalue weighted by Crippen LogP contribution is 2.53. The SMILES string of the molecule is CC(C)(C)c1ccc2c(c1)c1cc(C(C)(C)C)ccc1n2-c1c(C#N)ccc(-n2c3ccccc3c3c4c(ccc32)-c2ccccc2C4(C)C)c1C#N. The van der Waals surface area contributed by atoms with Crippen molar-refractivity contribution in [2.45, 2.75) is 71.6 Å². The fourth-order valence-corrected chi connectivity index (χ4v) is 8.99. The molecular weight excluding hydrogens is 645 g/mol. The third-order valence-electron chi connectivity index (χ3n) is 11.7. The number of hydrogen-bond acceptors (Lipinski definition) is 2. The highest BCUT2D eigenvalue weighted by Gasteiger charge is 2.38.